The monoisotopic (exact) mass is 248 g/mol. The number of hydrogen-bond acceptors (Lipinski definition) is 3. The maximum absolute atomic E-state index is 12.2. The zero-order valence-electron chi connectivity index (χ0n) is 11.0. The highest BCUT2D eigenvalue weighted by Gasteiger charge is 2.29. The Balaban J connectivity index is 2.09. The highest BCUT2D eigenvalue weighted by Crippen LogP contribution is 2.20. The van der Waals surface area contributed by atoms with Crippen LogP contribution in [0.1, 0.15) is 35.7 Å². The zero-order chi connectivity index (χ0) is 13.2. The minimum Gasteiger partial charge on any atom is -0.399 e. The minimum absolute atomic E-state index is 0.0638. The topological polar surface area (TPSA) is 64.3 Å². The fourth-order valence-electron chi connectivity index (χ4n) is 2.20. The third-order valence-electron chi connectivity index (χ3n) is 3.39. The summed E-state index contributed by atoms with van der Waals surface area (Å²) in [5.74, 6) is -0.0638. The van der Waals surface area contributed by atoms with Crippen molar-refractivity contribution in [2.75, 3.05) is 18.9 Å². The maximum atomic E-state index is 12.2. The minimum atomic E-state index is -0.259. The molecule has 3 N–H and O–H groups in total. The molecule has 1 atom stereocenters. The molecule has 1 aliphatic heterocycles. The van der Waals surface area contributed by atoms with Crippen LogP contribution in [-0.4, -0.2) is 24.7 Å². The Kier molecular flexibility index (Phi) is 3.57. The van der Waals surface area contributed by atoms with E-state index in [1.54, 1.807) is 12.1 Å². The van der Waals surface area contributed by atoms with Crippen molar-refractivity contribution in [3.05, 3.63) is 29.3 Å². The van der Waals surface area contributed by atoms with E-state index in [0.29, 0.717) is 17.9 Å². The first kappa shape index (κ1) is 12.9. The van der Waals surface area contributed by atoms with E-state index in [-0.39, 0.29) is 11.4 Å². The number of aryl methyl sites for hydroxylation is 1. The Morgan fingerprint density at radius 3 is 2.89 bits per heavy atom. The third-order valence-corrected chi connectivity index (χ3v) is 3.39. The van der Waals surface area contributed by atoms with Crippen molar-refractivity contribution in [1.82, 2.24) is 5.32 Å². The number of hydrogen-bond donors (Lipinski definition) is 2. The molecule has 1 heterocycles. The van der Waals surface area contributed by atoms with Gasteiger partial charge in [0.25, 0.3) is 5.91 Å². The summed E-state index contributed by atoms with van der Waals surface area (Å²) in [7, 11) is 0. The highest BCUT2D eigenvalue weighted by molar-refractivity contribution is 5.95. The van der Waals surface area contributed by atoms with Crippen LogP contribution < -0.4 is 11.1 Å². The van der Waals surface area contributed by atoms with Crippen LogP contribution in [0, 0.1) is 6.92 Å². The largest absolute Gasteiger partial charge is 0.399 e. The first-order valence-electron chi connectivity index (χ1n) is 6.27. The molecule has 2 rings (SSSR count). The fourth-order valence-corrected chi connectivity index (χ4v) is 2.20. The summed E-state index contributed by atoms with van der Waals surface area (Å²) in [4.78, 5) is 12.2. The molecule has 0 aromatic heterocycles. The average Bonchev–Trinajstić information content (AvgIpc) is 2.33. The van der Waals surface area contributed by atoms with Gasteiger partial charge < -0.3 is 15.8 Å². The summed E-state index contributed by atoms with van der Waals surface area (Å²) < 4.78 is 5.43. The van der Waals surface area contributed by atoms with E-state index in [1.165, 1.54) is 0 Å². The SMILES string of the molecule is Cc1cc(C(=O)NC2(C)CCCOC2)ccc1N. The summed E-state index contributed by atoms with van der Waals surface area (Å²) >= 11 is 0. The Hall–Kier alpha value is -1.55. The van der Waals surface area contributed by atoms with E-state index in [1.807, 2.05) is 19.9 Å². The maximum Gasteiger partial charge on any atom is 0.251 e. The molecule has 1 unspecified atom stereocenters. The molecule has 1 fully saturated rings. The Bertz CT molecular complexity index is 451. The number of anilines is 1. The van der Waals surface area contributed by atoms with Crippen LogP contribution in [0.4, 0.5) is 5.69 Å². The van der Waals surface area contributed by atoms with Crippen molar-refractivity contribution in [2.45, 2.75) is 32.2 Å². The molecule has 0 aliphatic carbocycles. The van der Waals surface area contributed by atoms with Gasteiger partial charge in [0.05, 0.1) is 12.1 Å². The summed E-state index contributed by atoms with van der Waals surface area (Å²) in [6, 6.07) is 5.34. The van der Waals surface area contributed by atoms with Gasteiger partial charge in [-0.25, -0.2) is 0 Å². The second kappa shape index (κ2) is 4.98. The first-order valence-corrected chi connectivity index (χ1v) is 6.27. The van der Waals surface area contributed by atoms with Crippen molar-refractivity contribution in [1.29, 1.82) is 0 Å². The number of rotatable bonds is 2. The van der Waals surface area contributed by atoms with Crippen molar-refractivity contribution in [3.8, 4) is 0 Å². The molecule has 1 aliphatic rings. The van der Waals surface area contributed by atoms with Gasteiger partial charge in [0.1, 0.15) is 0 Å². The third kappa shape index (κ3) is 2.82. The number of carbonyl (C=O) groups excluding carboxylic acids is 1. The number of amides is 1. The number of carbonyl (C=O) groups is 1. The zero-order valence-corrected chi connectivity index (χ0v) is 11.0. The van der Waals surface area contributed by atoms with Gasteiger partial charge in [-0.15, -0.1) is 0 Å². The van der Waals surface area contributed by atoms with Gasteiger partial charge in [0, 0.05) is 17.9 Å². The van der Waals surface area contributed by atoms with Crippen LogP contribution in [0.5, 0.6) is 0 Å². The van der Waals surface area contributed by atoms with Gasteiger partial charge in [-0.2, -0.15) is 0 Å². The lowest BCUT2D eigenvalue weighted by molar-refractivity contribution is 0.0272. The summed E-state index contributed by atoms with van der Waals surface area (Å²) in [6.07, 6.45) is 1.93. The van der Waals surface area contributed by atoms with E-state index in [0.717, 1.165) is 25.0 Å². The molecule has 0 spiro atoms. The van der Waals surface area contributed by atoms with Crippen LogP contribution >= 0.6 is 0 Å². The summed E-state index contributed by atoms with van der Waals surface area (Å²) in [5.41, 5.74) is 7.77. The molecule has 1 saturated heterocycles. The van der Waals surface area contributed by atoms with Crippen molar-refractivity contribution < 1.29 is 9.53 Å². The van der Waals surface area contributed by atoms with E-state index < -0.39 is 0 Å². The molecule has 1 amide bonds. The van der Waals surface area contributed by atoms with Crippen LogP contribution in [0.3, 0.4) is 0 Å². The molecule has 18 heavy (non-hydrogen) atoms. The Morgan fingerprint density at radius 2 is 2.28 bits per heavy atom. The molecule has 4 nitrogen and oxygen atoms in total. The molecule has 0 radical (unpaired) electrons. The molecule has 4 heteroatoms. The molecule has 98 valence electrons. The van der Waals surface area contributed by atoms with E-state index in [2.05, 4.69) is 5.32 Å². The molecule has 0 bridgehead atoms. The quantitative estimate of drug-likeness (QED) is 0.785. The predicted molar refractivity (Wildman–Crippen MR) is 71.5 cm³/mol. The number of nitrogens with one attached hydrogen (secondary N) is 1. The number of benzene rings is 1. The molecular formula is C14H20N2O2. The normalized spacial score (nSPS) is 23.7. The molecule has 0 saturated carbocycles. The Labute approximate surface area is 108 Å². The molecular weight excluding hydrogens is 228 g/mol. The van der Waals surface area contributed by atoms with Gasteiger partial charge in [-0.3, -0.25) is 4.79 Å². The lowest BCUT2D eigenvalue weighted by atomic mass is 9.94. The fraction of sp³-hybridized carbons (Fsp3) is 0.500. The smallest absolute Gasteiger partial charge is 0.251 e. The second-order valence-electron chi connectivity index (χ2n) is 5.24. The van der Waals surface area contributed by atoms with Crippen LogP contribution in [-0.2, 0) is 4.74 Å². The molecule has 1 aromatic rings. The second-order valence-corrected chi connectivity index (χ2v) is 5.24. The van der Waals surface area contributed by atoms with Gasteiger partial charge in [0.15, 0.2) is 0 Å². The van der Waals surface area contributed by atoms with Crippen molar-refractivity contribution in [3.63, 3.8) is 0 Å². The number of nitrogen functional groups attached to an aromatic ring is 1. The van der Waals surface area contributed by atoms with Crippen LogP contribution in [0.15, 0.2) is 18.2 Å². The van der Waals surface area contributed by atoms with E-state index in [9.17, 15) is 4.79 Å². The Morgan fingerprint density at radius 1 is 1.50 bits per heavy atom. The predicted octanol–water partition coefficient (Wildman–Crippen LogP) is 1.88. The average molecular weight is 248 g/mol. The van der Waals surface area contributed by atoms with Gasteiger partial charge in [-0.1, -0.05) is 0 Å². The highest BCUT2D eigenvalue weighted by atomic mass is 16.5. The van der Waals surface area contributed by atoms with Crippen LogP contribution in [0.25, 0.3) is 0 Å². The lowest BCUT2D eigenvalue weighted by Crippen LogP contribution is -2.51. The first-order chi connectivity index (χ1) is 8.50. The number of nitrogens with two attached hydrogens (primary N) is 1. The lowest BCUT2D eigenvalue weighted by Gasteiger charge is -2.34. The summed E-state index contributed by atoms with van der Waals surface area (Å²) in [6.45, 7) is 5.28. The van der Waals surface area contributed by atoms with Crippen molar-refractivity contribution in [2.24, 2.45) is 0 Å². The molecule has 1 aromatic carbocycles. The van der Waals surface area contributed by atoms with Crippen molar-refractivity contribution >= 4 is 11.6 Å². The van der Waals surface area contributed by atoms with Crippen LogP contribution in [0.2, 0.25) is 0 Å². The standard InChI is InChI=1S/C14H20N2O2/c1-10-8-11(4-5-12(10)15)13(17)16-14(2)6-3-7-18-9-14/h4-5,8H,3,6-7,9,15H2,1-2H3,(H,16,17). The van der Waals surface area contributed by atoms with E-state index >= 15 is 0 Å². The van der Waals surface area contributed by atoms with Gasteiger partial charge >= 0.3 is 0 Å². The van der Waals surface area contributed by atoms with Gasteiger partial charge in [0.2, 0.25) is 0 Å². The van der Waals surface area contributed by atoms with E-state index in [4.69, 9.17) is 10.5 Å². The summed E-state index contributed by atoms with van der Waals surface area (Å²) in [5, 5.41) is 3.05. The number of ether oxygens (including phenoxy) is 1. The van der Waals surface area contributed by atoms with Gasteiger partial charge in [-0.05, 0) is 50.5 Å².